The zero-order valence-corrected chi connectivity index (χ0v) is 9.16. The molecule has 0 aromatic carbocycles. The zero-order valence-electron chi connectivity index (χ0n) is 9.16. The highest BCUT2D eigenvalue weighted by molar-refractivity contribution is 5.81. The van der Waals surface area contributed by atoms with Crippen LogP contribution in [0.15, 0.2) is 5.16 Å². The Balaban J connectivity index is 2.36. The number of piperidine rings is 1. The van der Waals surface area contributed by atoms with Crippen molar-refractivity contribution < 1.29 is 5.21 Å². The first-order valence-electron chi connectivity index (χ1n) is 5.28. The van der Waals surface area contributed by atoms with Gasteiger partial charge in [0.2, 0.25) is 0 Å². The van der Waals surface area contributed by atoms with Gasteiger partial charge in [-0.1, -0.05) is 25.4 Å². The molecular weight excluding hydrogens is 178 g/mol. The number of nitrogens with two attached hydrogens (primary N) is 1. The van der Waals surface area contributed by atoms with Gasteiger partial charge in [0, 0.05) is 0 Å². The van der Waals surface area contributed by atoms with Crippen LogP contribution in [0, 0.1) is 5.41 Å². The molecule has 0 aromatic heterocycles. The van der Waals surface area contributed by atoms with Crippen LogP contribution in [-0.4, -0.2) is 35.6 Å². The lowest BCUT2D eigenvalue weighted by Crippen LogP contribution is -2.42. The molecular formula is C10H21N3O. The van der Waals surface area contributed by atoms with E-state index in [4.69, 9.17) is 10.9 Å². The van der Waals surface area contributed by atoms with Crippen molar-refractivity contribution in [3.05, 3.63) is 0 Å². The zero-order chi connectivity index (χ0) is 10.6. The summed E-state index contributed by atoms with van der Waals surface area (Å²) in [6.07, 6.45) is 3.66. The smallest absolute Gasteiger partial charge is 0.153 e. The average Bonchev–Trinajstić information content (AvgIpc) is 2.21. The Morgan fingerprint density at radius 1 is 1.50 bits per heavy atom. The minimum absolute atomic E-state index is 0.310. The van der Waals surface area contributed by atoms with Gasteiger partial charge in [-0.05, 0) is 31.3 Å². The fourth-order valence-corrected chi connectivity index (χ4v) is 1.87. The number of likely N-dealkylation sites (tertiary alicyclic amines) is 1. The van der Waals surface area contributed by atoms with Crippen molar-refractivity contribution in [2.24, 2.45) is 16.3 Å². The molecule has 0 radical (unpaired) electrons. The van der Waals surface area contributed by atoms with Crippen molar-refractivity contribution in [3.8, 4) is 0 Å². The van der Waals surface area contributed by atoms with E-state index in [2.05, 4.69) is 23.9 Å². The van der Waals surface area contributed by atoms with E-state index in [-0.39, 0.29) is 0 Å². The summed E-state index contributed by atoms with van der Waals surface area (Å²) in [5.74, 6) is 0.310. The van der Waals surface area contributed by atoms with Gasteiger partial charge in [0.05, 0.1) is 6.54 Å². The van der Waals surface area contributed by atoms with E-state index >= 15 is 0 Å². The molecule has 1 heterocycles. The second kappa shape index (κ2) is 4.64. The Kier molecular flexibility index (Phi) is 3.75. The monoisotopic (exact) mass is 199 g/mol. The number of hydrogen-bond donors (Lipinski definition) is 2. The molecule has 0 atom stereocenters. The van der Waals surface area contributed by atoms with Gasteiger partial charge < -0.3 is 10.9 Å². The van der Waals surface area contributed by atoms with Gasteiger partial charge in [0.1, 0.15) is 0 Å². The van der Waals surface area contributed by atoms with Crippen LogP contribution < -0.4 is 5.73 Å². The Hall–Kier alpha value is -0.770. The Morgan fingerprint density at radius 2 is 2.07 bits per heavy atom. The lowest BCUT2D eigenvalue weighted by molar-refractivity contribution is 0.126. The van der Waals surface area contributed by atoms with Crippen molar-refractivity contribution in [2.45, 2.75) is 33.1 Å². The van der Waals surface area contributed by atoms with Crippen LogP contribution in [-0.2, 0) is 0 Å². The lowest BCUT2D eigenvalue weighted by Gasteiger charge is -2.38. The molecule has 3 N–H and O–H groups in total. The predicted octanol–water partition coefficient (Wildman–Crippen LogP) is 1.24. The summed E-state index contributed by atoms with van der Waals surface area (Å²) in [5.41, 5.74) is 5.96. The molecule has 1 rings (SSSR count). The van der Waals surface area contributed by atoms with Crippen molar-refractivity contribution in [1.29, 1.82) is 0 Å². The summed E-state index contributed by atoms with van der Waals surface area (Å²) in [6.45, 7) is 7.30. The first-order valence-corrected chi connectivity index (χ1v) is 5.28. The Bertz CT molecular complexity index is 207. The largest absolute Gasteiger partial charge is 0.409 e. The second-order valence-electron chi connectivity index (χ2n) is 4.53. The van der Waals surface area contributed by atoms with E-state index < -0.39 is 0 Å². The quantitative estimate of drug-likeness (QED) is 0.311. The first-order chi connectivity index (χ1) is 6.59. The van der Waals surface area contributed by atoms with Gasteiger partial charge in [0.25, 0.3) is 0 Å². The highest BCUT2D eigenvalue weighted by Crippen LogP contribution is 2.33. The SMILES string of the molecule is CCC1(C)CCN(C/C(N)=N/O)CC1. The standard InChI is InChI=1S/C10H21N3O/c1-3-10(2)4-6-13(7-5-10)8-9(11)12-14/h14H,3-8H2,1-2H3,(H2,11,12). The van der Waals surface area contributed by atoms with Gasteiger partial charge in [-0.25, -0.2) is 0 Å². The lowest BCUT2D eigenvalue weighted by atomic mass is 9.78. The van der Waals surface area contributed by atoms with Gasteiger partial charge in [-0.15, -0.1) is 0 Å². The number of rotatable bonds is 3. The van der Waals surface area contributed by atoms with Crippen LogP contribution in [0.3, 0.4) is 0 Å². The molecule has 1 aliphatic rings. The molecule has 1 aliphatic heterocycles. The molecule has 0 aliphatic carbocycles. The first kappa shape index (κ1) is 11.3. The normalized spacial score (nSPS) is 23.7. The van der Waals surface area contributed by atoms with Crippen molar-refractivity contribution >= 4 is 5.84 Å². The maximum absolute atomic E-state index is 8.45. The third-order valence-corrected chi connectivity index (χ3v) is 3.43. The van der Waals surface area contributed by atoms with E-state index in [1.54, 1.807) is 0 Å². The van der Waals surface area contributed by atoms with Gasteiger partial charge in [0.15, 0.2) is 5.84 Å². The van der Waals surface area contributed by atoms with Crippen LogP contribution in [0.4, 0.5) is 0 Å². The Labute approximate surface area is 85.8 Å². The van der Waals surface area contributed by atoms with Gasteiger partial charge in [-0.3, -0.25) is 4.90 Å². The van der Waals surface area contributed by atoms with Gasteiger partial charge >= 0.3 is 0 Å². The average molecular weight is 199 g/mol. The van der Waals surface area contributed by atoms with Crippen LogP contribution in [0.1, 0.15) is 33.1 Å². The predicted molar refractivity (Wildman–Crippen MR) is 57.5 cm³/mol. The molecule has 0 unspecified atom stereocenters. The maximum Gasteiger partial charge on any atom is 0.153 e. The molecule has 0 spiro atoms. The highest BCUT2D eigenvalue weighted by Gasteiger charge is 2.28. The summed E-state index contributed by atoms with van der Waals surface area (Å²) in [7, 11) is 0. The molecule has 1 fully saturated rings. The number of nitrogens with zero attached hydrogens (tertiary/aromatic N) is 2. The van der Waals surface area contributed by atoms with Crippen molar-refractivity contribution in [3.63, 3.8) is 0 Å². The summed E-state index contributed by atoms with van der Waals surface area (Å²) in [4.78, 5) is 2.24. The van der Waals surface area contributed by atoms with Crippen LogP contribution in [0.25, 0.3) is 0 Å². The minimum Gasteiger partial charge on any atom is -0.409 e. The topological polar surface area (TPSA) is 61.8 Å². The Morgan fingerprint density at radius 3 is 2.50 bits per heavy atom. The fraction of sp³-hybridized carbons (Fsp3) is 0.900. The van der Waals surface area contributed by atoms with Crippen LogP contribution in [0.5, 0.6) is 0 Å². The van der Waals surface area contributed by atoms with E-state index in [1.165, 1.54) is 19.3 Å². The fourth-order valence-electron chi connectivity index (χ4n) is 1.87. The van der Waals surface area contributed by atoms with Crippen molar-refractivity contribution in [1.82, 2.24) is 4.90 Å². The molecule has 1 saturated heterocycles. The van der Waals surface area contributed by atoms with Gasteiger partial charge in [-0.2, -0.15) is 0 Å². The number of hydrogen-bond acceptors (Lipinski definition) is 3. The van der Waals surface area contributed by atoms with Crippen LogP contribution in [0.2, 0.25) is 0 Å². The van der Waals surface area contributed by atoms with E-state index in [9.17, 15) is 0 Å². The number of oxime groups is 1. The summed E-state index contributed by atoms with van der Waals surface area (Å²) >= 11 is 0. The maximum atomic E-state index is 8.45. The summed E-state index contributed by atoms with van der Waals surface area (Å²) in [5, 5.41) is 11.4. The summed E-state index contributed by atoms with van der Waals surface area (Å²) in [6, 6.07) is 0. The second-order valence-corrected chi connectivity index (χ2v) is 4.53. The summed E-state index contributed by atoms with van der Waals surface area (Å²) < 4.78 is 0. The van der Waals surface area contributed by atoms with E-state index in [0.29, 0.717) is 17.8 Å². The molecule has 0 amide bonds. The van der Waals surface area contributed by atoms with E-state index in [0.717, 1.165) is 13.1 Å². The molecule has 0 bridgehead atoms. The number of amidine groups is 1. The van der Waals surface area contributed by atoms with E-state index in [1.807, 2.05) is 0 Å². The minimum atomic E-state index is 0.310. The molecule has 4 nitrogen and oxygen atoms in total. The third kappa shape index (κ3) is 2.87. The van der Waals surface area contributed by atoms with Crippen LogP contribution >= 0.6 is 0 Å². The molecule has 0 saturated carbocycles. The third-order valence-electron chi connectivity index (χ3n) is 3.43. The molecule has 14 heavy (non-hydrogen) atoms. The molecule has 4 heteroatoms. The highest BCUT2D eigenvalue weighted by atomic mass is 16.4. The molecule has 82 valence electrons. The molecule has 0 aromatic rings. The van der Waals surface area contributed by atoms with Crippen molar-refractivity contribution in [2.75, 3.05) is 19.6 Å².